The third kappa shape index (κ3) is 4.54. The van der Waals surface area contributed by atoms with Crippen molar-refractivity contribution in [3.05, 3.63) is 65.7 Å². The lowest BCUT2D eigenvalue weighted by Gasteiger charge is -2.45. The number of likely N-dealkylation sites (tertiary alicyclic amines) is 2. The largest absolute Gasteiger partial charge is 0.489 e. The summed E-state index contributed by atoms with van der Waals surface area (Å²) in [6.45, 7) is 3.65. The number of amides is 1. The Bertz CT molecular complexity index is 781. The lowest BCUT2D eigenvalue weighted by Crippen LogP contribution is -2.58. The monoisotopic (exact) mass is 380 g/mol. The van der Waals surface area contributed by atoms with Crippen molar-refractivity contribution in [2.45, 2.75) is 38.0 Å². The third-order valence-corrected chi connectivity index (χ3v) is 5.78. The Morgan fingerprint density at radius 2 is 1.68 bits per heavy atom. The standard InChI is InChI=1S/C23H28N2O3/c26-21-15-25(16-21)20-10-12-24(13-11-20)23(27)14-19-8-4-5-9-22(19)28-17-18-6-2-1-3-7-18/h1-9,20-21,26H,10-17H2. The fourth-order valence-electron chi connectivity index (χ4n) is 4.07. The smallest absolute Gasteiger partial charge is 0.227 e. The molecule has 1 N–H and O–H groups in total. The zero-order chi connectivity index (χ0) is 19.3. The van der Waals surface area contributed by atoms with Crippen molar-refractivity contribution in [2.24, 2.45) is 0 Å². The average molecular weight is 380 g/mol. The highest BCUT2D eigenvalue weighted by Crippen LogP contribution is 2.24. The molecule has 1 amide bonds. The number of para-hydroxylation sites is 1. The van der Waals surface area contributed by atoms with E-state index in [2.05, 4.69) is 4.90 Å². The molecule has 0 spiro atoms. The molecule has 2 aliphatic heterocycles. The molecular formula is C23H28N2O3. The average Bonchev–Trinajstić information content (AvgIpc) is 2.72. The number of β-amino-alcohol motifs (C(OH)–C–C–N with tert-alkyl or cyclic N) is 1. The maximum atomic E-state index is 12.8. The number of hydrogen-bond acceptors (Lipinski definition) is 4. The van der Waals surface area contributed by atoms with Crippen LogP contribution in [0.25, 0.3) is 0 Å². The van der Waals surface area contributed by atoms with E-state index >= 15 is 0 Å². The molecule has 2 fully saturated rings. The quantitative estimate of drug-likeness (QED) is 0.837. The second kappa shape index (κ2) is 8.76. The Morgan fingerprint density at radius 3 is 2.39 bits per heavy atom. The topological polar surface area (TPSA) is 53.0 Å². The maximum absolute atomic E-state index is 12.8. The van der Waals surface area contributed by atoms with Crippen molar-refractivity contribution in [1.82, 2.24) is 9.80 Å². The van der Waals surface area contributed by atoms with Gasteiger partial charge in [-0.2, -0.15) is 0 Å². The van der Waals surface area contributed by atoms with E-state index in [1.807, 2.05) is 59.5 Å². The molecule has 28 heavy (non-hydrogen) atoms. The Hall–Kier alpha value is -2.37. The Labute approximate surface area is 166 Å². The number of rotatable bonds is 6. The van der Waals surface area contributed by atoms with Crippen molar-refractivity contribution in [3.63, 3.8) is 0 Å². The highest BCUT2D eigenvalue weighted by atomic mass is 16.5. The van der Waals surface area contributed by atoms with Gasteiger partial charge in [0.25, 0.3) is 0 Å². The number of hydrogen-bond donors (Lipinski definition) is 1. The number of carbonyl (C=O) groups excluding carboxylic acids is 1. The molecule has 0 unspecified atom stereocenters. The molecule has 2 aromatic rings. The molecular weight excluding hydrogens is 352 g/mol. The first kappa shape index (κ1) is 19.0. The van der Waals surface area contributed by atoms with Gasteiger partial charge in [-0.25, -0.2) is 0 Å². The van der Waals surface area contributed by atoms with Crippen LogP contribution in [-0.2, 0) is 17.8 Å². The number of benzene rings is 2. The molecule has 2 aliphatic rings. The summed E-state index contributed by atoms with van der Waals surface area (Å²) in [5.74, 6) is 0.946. The van der Waals surface area contributed by atoms with Crippen molar-refractivity contribution < 1.29 is 14.6 Å². The van der Waals surface area contributed by atoms with Crippen molar-refractivity contribution >= 4 is 5.91 Å². The summed E-state index contributed by atoms with van der Waals surface area (Å²) in [4.78, 5) is 17.1. The summed E-state index contributed by atoms with van der Waals surface area (Å²) < 4.78 is 5.99. The third-order valence-electron chi connectivity index (χ3n) is 5.78. The van der Waals surface area contributed by atoms with Crippen LogP contribution in [0.3, 0.4) is 0 Å². The SMILES string of the molecule is O=C(Cc1ccccc1OCc1ccccc1)N1CCC(N2CC(O)C2)CC1. The molecule has 148 valence electrons. The number of piperidine rings is 1. The van der Waals surface area contributed by atoms with Crippen LogP contribution in [0.5, 0.6) is 5.75 Å². The molecule has 0 aliphatic carbocycles. The van der Waals surface area contributed by atoms with Gasteiger partial charge in [-0.15, -0.1) is 0 Å². The van der Waals surface area contributed by atoms with Crippen molar-refractivity contribution in [2.75, 3.05) is 26.2 Å². The number of nitrogens with zero attached hydrogens (tertiary/aromatic N) is 2. The molecule has 0 saturated carbocycles. The van der Waals surface area contributed by atoms with Crippen molar-refractivity contribution in [1.29, 1.82) is 0 Å². The molecule has 2 aromatic carbocycles. The number of ether oxygens (including phenoxy) is 1. The van der Waals surface area contributed by atoms with E-state index in [-0.39, 0.29) is 12.0 Å². The van der Waals surface area contributed by atoms with Crippen LogP contribution in [0.4, 0.5) is 0 Å². The zero-order valence-electron chi connectivity index (χ0n) is 16.2. The van der Waals surface area contributed by atoms with Gasteiger partial charge in [-0.3, -0.25) is 9.69 Å². The number of aliphatic hydroxyl groups excluding tert-OH is 1. The summed E-state index contributed by atoms with van der Waals surface area (Å²) >= 11 is 0. The Kier molecular flexibility index (Phi) is 5.93. The van der Waals surface area contributed by atoms with Crippen LogP contribution in [0, 0.1) is 0 Å². The van der Waals surface area contributed by atoms with Gasteiger partial charge in [0.05, 0.1) is 12.5 Å². The second-order valence-electron chi connectivity index (χ2n) is 7.78. The molecule has 5 nitrogen and oxygen atoms in total. The molecule has 0 aromatic heterocycles. The summed E-state index contributed by atoms with van der Waals surface area (Å²) in [5, 5.41) is 9.48. The minimum absolute atomic E-state index is 0.160. The first-order chi connectivity index (χ1) is 13.7. The minimum atomic E-state index is -0.160. The van der Waals surface area contributed by atoms with Gasteiger partial charge in [-0.1, -0.05) is 48.5 Å². The van der Waals surface area contributed by atoms with E-state index in [4.69, 9.17) is 4.74 Å². The first-order valence-corrected chi connectivity index (χ1v) is 10.1. The van der Waals surface area contributed by atoms with E-state index in [0.29, 0.717) is 19.1 Å². The minimum Gasteiger partial charge on any atom is -0.489 e. The van der Waals surface area contributed by atoms with Gasteiger partial charge >= 0.3 is 0 Å². The maximum Gasteiger partial charge on any atom is 0.227 e. The van der Waals surface area contributed by atoms with Crippen LogP contribution in [0.1, 0.15) is 24.0 Å². The lowest BCUT2D eigenvalue weighted by atomic mass is 9.98. The fraction of sp³-hybridized carbons (Fsp3) is 0.435. The highest BCUT2D eigenvalue weighted by Gasteiger charge is 2.33. The van der Waals surface area contributed by atoms with Gasteiger partial charge in [0, 0.05) is 37.8 Å². The zero-order valence-corrected chi connectivity index (χ0v) is 16.2. The molecule has 0 radical (unpaired) electrons. The van der Waals surface area contributed by atoms with Gasteiger partial charge < -0.3 is 14.7 Å². The predicted molar refractivity (Wildman–Crippen MR) is 108 cm³/mol. The molecule has 0 bridgehead atoms. The normalized spacial score (nSPS) is 18.7. The first-order valence-electron chi connectivity index (χ1n) is 10.1. The van der Waals surface area contributed by atoms with Gasteiger partial charge in [0.1, 0.15) is 12.4 Å². The van der Waals surface area contributed by atoms with E-state index < -0.39 is 0 Å². The highest BCUT2D eigenvalue weighted by molar-refractivity contribution is 5.79. The van der Waals surface area contributed by atoms with Crippen molar-refractivity contribution in [3.8, 4) is 5.75 Å². The van der Waals surface area contributed by atoms with Gasteiger partial charge in [0.2, 0.25) is 5.91 Å². The van der Waals surface area contributed by atoms with Crippen LogP contribution in [0.15, 0.2) is 54.6 Å². The predicted octanol–water partition coefficient (Wildman–Crippen LogP) is 2.48. The fourth-order valence-corrected chi connectivity index (χ4v) is 4.07. The molecule has 0 atom stereocenters. The number of carbonyl (C=O) groups is 1. The van der Waals surface area contributed by atoms with E-state index in [1.54, 1.807) is 0 Å². The number of aliphatic hydroxyl groups is 1. The Balaban J connectivity index is 1.31. The van der Waals surface area contributed by atoms with Crippen LogP contribution in [-0.4, -0.2) is 59.1 Å². The summed E-state index contributed by atoms with van der Waals surface area (Å²) in [6, 6.07) is 18.4. The van der Waals surface area contributed by atoms with Gasteiger partial charge in [0.15, 0.2) is 0 Å². The molecule has 4 rings (SSSR count). The van der Waals surface area contributed by atoms with Gasteiger partial charge in [-0.05, 0) is 24.5 Å². The molecule has 2 heterocycles. The van der Waals surface area contributed by atoms with E-state index in [9.17, 15) is 9.90 Å². The van der Waals surface area contributed by atoms with E-state index in [0.717, 1.165) is 55.9 Å². The lowest BCUT2D eigenvalue weighted by molar-refractivity contribution is -0.133. The summed E-state index contributed by atoms with van der Waals surface area (Å²) in [5.41, 5.74) is 2.05. The second-order valence-corrected chi connectivity index (χ2v) is 7.78. The van der Waals surface area contributed by atoms with E-state index in [1.165, 1.54) is 0 Å². The summed E-state index contributed by atoms with van der Waals surface area (Å²) in [7, 11) is 0. The molecule has 5 heteroatoms. The summed E-state index contributed by atoms with van der Waals surface area (Å²) in [6.07, 6.45) is 2.19. The Morgan fingerprint density at radius 1 is 1.00 bits per heavy atom. The van der Waals surface area contributed by atoms with Crippen LogP contribution >= 0.6 is 0 Å². The van der Waals surface area contributed by atoms with Crippen LogP contribution in [0.2, 0.25) is 0 Å². The molecule has 2 saturated heterocycles. The van der Waals surface area contributed by atoms with Crippen LogP contribution < -0.4 is 4.74 Å².